The number of aromatic amines is 1. The molecule has 52 heavy (non-hydrogen) atoms. The number of hydrogen-bond acceptors (Lipinski definition) is 2. The normalized spacial score (nSPS) is 13.4. The van der Waals surface area contributed by atoms with Crippen LogP contribution < -0.4 is 0 Å². The van der Waals surface area contributed by atoms with Gasteiger partial charge in [0, 0.05) is 33.3 Å². The molecule has 3 nitrogen and oxygen atoms in total. The highest BCUT2D eigenvalue weighted by Gasteiger charge is 2.17. The third kappa shape index (κ3) is 8.88. The van der Waals surface area contributed by atoms with E-state index in [-0.39, 0.29) is 0 Å². The molecule has 3 heteroatoms. The van der Waals surface area contributed by atoms with Crippen LogP contribution in [0.25, 0.3) is 57.6 Å². The molecule has 0 atom stereocenters. The SMILES string of the molecule is C=C/C=C\C(=C)c1c2nc(c(/C(C)=C/C=C\C)c(C)ccc(C)c(C(/C=C\C=C/C)=C/C=C)c3nc(c(/C(C=C)=C/C=C)c4ccc1[nH]4)C=C3)C=C2. The number of fused-ring (bicyclic) bond motifs is 6. The second-order valence-corrected chi connectivity index (χ2v) is 12.2. The number of H-pyrrole nitrogens is 1. The van der Waals surface area contributed by atoms with Crippen LogP contribution in [0.5, 0.6) is 0 Å². The molecule has 0 unspecified atom stereocenters. The molecule has 2 aromatic rings. The fourth-order valence-corrected chi connectivity index (χ4v) is 6.19. The van der Waals surface area contributed by atoms with Crippen LogP contribution in [0.2, 0.25) is 0 Å². The van der Waals surface area contributed by atoms with Gasteiger partial charge in [-0.15, -0.1) is 0 Å². The van der Waals surface area contributed by atoms with Crippen molar-refractivity contribution < 1.29 is 0 Å². The molecule has 0 spiro atoms. The summed E-state index contributed by atoms with van der Waals surface area (Å²) in [6, 6.07) is 8.48. The lowest BCUT2D eigenvalue weighted by Crippen LogP contribution is -1.93. The van der Waals surface area contributed by atoms with Crippen molar-refractivity contribution in [3.05, 3.63) is 204 Å². The van der Waals surface area contributed by atoms with E-state index >= 15 is 0 Å². The molecule has 0 saturated heterocycles. The maximum absolute atomic E-state index is 5.30. The van der Waals surface area contributed by atoms with Gasteiger partial charge in [0.15, 0.2) is 0 Å². The molecule has 4 rings (SSSR count). The molecule has 0 amide bonds. The van der Waals surface area contributed by atoms with Crippen LogP contribution in [-0.2, 0) is 0 Å². The van der Waals surface area contributed by atoms with Crippen LogP contribution in [0.3, 0.4) is 0 Å². The zero-order valence-electron chi connectivity index (χ0n) is 31.2. The van der Waals surface area contributed by atoms with Crippen molar-refractivity contribution in [3.63, 3.8) is 0 Å². The predicted molar refractivity (Wildman–Crippen MR) is 233 cm³/mol. The molecule has 4 heterocycles. The maximum Gasteiger partial charge on any atom is 0.0737 e. The van der Waals surface area contributed by atoms with Crippen LogP contribution in [0, 0.1) is 13.8 Å². The number of allylic oxidation sites excluding steroid dienone is 19. The average molecular weight is 680 g/mol. The molecule has 260 valence electrons. The lowest BCUT2D eigenvalue weighted by Gasteiger charge is -2.08. The van der Waals surface area contributed by atoms with Gasteiger partial charge in [-0.2, -0.15) is 0 Å². The Labute approximate surface area is 310 Å². The Morgan fingerprint density at radius 1 is 0.577 bits per heavy atom. The van der Waals surface area contributed by atoms with Crippen LogP contribution in [-0.4, -0.2) is 15.0 Å². The standard InChI is InChI=1S/C49H49N3/c1-11-17-20-25-39(22-15-5)47-37(10)27-26-36(9)46(34(7)23-18-12-2)40-28-30-42(50-40)48(35(8)24-19-13-3)43-31-33-45(52-43)49(38(16-6)21-14-4)44-32-29-41(47)51-44/h11-33,52H,3-6,8H2,1-2,7,9-10H3/b17-11-,18-12-,24-19-,25-20-,27-26?,34-23+,36-26?,37-27?,38-21+,39-22+,46-36?,46-40?,47-37?,47-41?,48-42?,48-43?,49-44?,49-45?. The Kier molecular flexibility index (Phi) is 13.8. The van der Waals surface area contributed by atoms with E-state index in [0.29, 0.717) is 0 Å². The molecule has 2 aliphatic heterocycles. The minimum absolute atomic E-state index is 0.800. The summed E-state index contributed by atoms with van der Waals surface area (Å²) < 4.78 is 0. The van der Waals surface area contributed by atoms with Gasteiger partial charge in [-0.25, -0.2) is 9.97 Å². The Morgan fingerprint density at radius 3 is 1.69 bits per heavy atom. The molecule has 6 bridgehead atoms. The lowest BCUT2D eigenvalue weighted by atomic mass is 9.97. The van der Waals surface area contributed by atoms with Gasteiger partial charge < -0.3 is 4.98 Å². The summed E-state index contributed by atoms with van der Waals surface area (Å²) in [6.07, 6.45) is 37.7. The molecule has 0 saturated carbocycles. The summed E-state index contributed by atoms with van der Waals surface area (Å²) in [5.74, 6) is 0. The van der Waals surface area contributed by atoms with E-state index in [1.165, 1.54) is 0 Å². The van der Waals surface area contributed by atoms with Gasteiger partial charge >= 0.3 is 0 Å². The minimum atomic E-state index is 0.800. The van der Waals surface area contributed by atoms with E-state index in [9.17, 15) is 0 Å². The fourth-order valence-electron chi connectivity index (χ4n) is 6.19. The smallest absolute Gasteiger partial charge is 0.0737 e. The lowest BCUT2D eigenvalue weighted by molar-refractivity contribution is 1.26. The van der Waals surface area contributed by atoms with Gasteiger partial charge in [0.2, 0.25) is 0 Å². The van der Waals surface area contributed by atoms with E-state index in [0.717, 1.165) is 89.5 Å². The Balaban J connectivity index is 2.38. The topological polar surface area (TPSA) is 41.6 Å². The second-order valence-electron chi connectivity index (χ2n) is 12.2. The van der Waals surface area contributed by atoms with Gasteiger partial charge in [-0.05, 0) is 104 Å². The molecule has 2 aliphatic rings. The Bertz CT molecular complexity index is 2260. The van der Waals surface area contributed by atoms with Crippen molar-refractivity contribution in [1.29, 1.82) is 0 Å². The number of rotatable bonds is 12. The van der Waals surface area contributed by atoms with Crippen LogP contribution in [0.4, 0.5) is 0 Å². The van der Waals surface area contributed by atoms with E-state index in [2.05, 4.69) is 125 Å². The van der Waals surface area contributed by atoms with Gasteiger partial charge in [-0.1, -0.05) is 136 Å². The van der Waals surface area contributed by atoms with E-state index in [4.69, 9.17) is 9.97 Å². The summed E-state index contributed by atoms with van der Waals surface area (Å²) in [7, 11) is 0. The first kappa shape index (κ1) is 38.5. The number of nitrogens with zero attached hydrogens (tertiary/aromatic N) is 2. The third-order valence-electron chi connectivity index (χ3n) is 8.56. The zero-order chi connectivity index (χ0) is 37.6. The third-order valence-corrected chi connectivity index (χ3v) is 8.56. The molecule has 0 fully saturated rings. The van der Waals surface area contributed by atoms with E-state index < -0.39 is 0 Å². The molecular formula is C49H49N3. The van der Waals surface area contributed by atoms with Crippen molar-refractivity contribution >= 4 is 57.6 Å². The van der Waals surface area contributed by atoms with E-state index in [1.54, 1.807) is 12.2 Å². The van der Waals surface area contributed by atoms with Crippen LogP contribution >= 0.6 is 0 Å². The van der Waals surface area contributed by atoms with Crippen molar-refractivity contribution in [2.75, 3.05) is 0 Å². The molecule has 2 aromatic heterocycles. The minimum Gasteiger partial charge on any atom is -0.354 e. The number of nitrogens with one attached hydrogen (secondary N) is 1. The first-order valence-electron chi connectivity index (χ1n) is 17.4. The maximum atomic E-state index is 5.30. The largest absolute Gasteiger partial charge is 0.354 e. The first-order chi connectivity index (χ1) is 25.2. The first-order valence-corrected chi connectivity index (χ1v) is 17.4. The molecule has 1 N–H and O–H groups in total. The van der Waals surface area contributed by atoms with E-state index in [1.807, 2.05) is 74.6 Å². The fraction of sp³-hybridized carbons (Fsp3) is 0.102. The Morgan fingerprint density at radius 2 is 1.12 bits per heavy atom. The molecular weight excluding hydrogens is 631 g/mol. The Hall–Kier alpha value is -6.32. The van der Waals surface area contributed by atoms with Gasteiger partial charge in [0.25, 0.3) is 0 Å². The second kappa shape index (κ2) is 18.6. The monoisotopic (exact) mass is 679 g/mol. The van der Waals surface area contributed by atoms with Crippen molar-refractivity contribution in [1.82, 2.24) is 15.0 Å². The highest BCUT2D eigenvalue weighted by molar-refractivity contribution is 5.96. The summed E-state index contributed by atoms with van der Waals surface area (Å²) >= 11 is 0. The highest BCUT2D eigenvalue weighted by atomic mass is 14.8. The van der Waals surface area contributed by atoms with Gasteiger partial charge in [0.1, 0.15) is 0 Å². The van der Waals surface area contributed by atoms with Crippen molar-refractivity contribution in [2.45, 2.75) is 34.6 Å². The summed E-state index contributed by atoms with van der Waals surface area (Å²) in [5, 5.41) is 0. The van der Waals surface area contributed by atoms with Gasteiger partial charge in [-0.3, -0.25) is 0 Å². The summed E-state index contributed by atoms with van der Waals surface area (Å²) in [5.41, 5.74) is 14.8. The number of aryl methyl sites for hydroxylation is 2. The summed E-state index contributed by atoms with van der Waals surface area (Å²) in [6.45, 7) is 30.9. The van der Waals surface area contributed by atoms with Crippen LogP contribution in [0.1, 0.15) is 76.9 Å². The zero-order valence-corrected chi connectivity index (χ0v) is 31.2. The number of aromatic nitrogens is 3. The molecule has 0 aliphatic carbocycles. The summed E-state index contributed by atoms with van der Waals surface area (Å²) in [4.78, 5) is 14.3. The van der Waals surface area contributed by atoms with Crippen molar-refractivity contribution in [3.8, 4) is 0 Å². The average Bonchev–Trinajstić information content (AvgIpc) is 3.92. The van der Waals surface area contributed by atoms with Gasteiger partial charge in [0.05, 0.1) is 22.8 Å². The number of hydrogen-bond donors (Lipinski definition) is 1. The van der Waals surface area contributed by atoms with Crippen molar-refractivity contribution in [2.24, 2.45) is 0 Å². The quantitative estimate of drug-likeness (QED) is 0.151. The predicted octanol–water partition coefficient (Wildman–Crippen LogP) is 13.5. The highest BCUT2D eigenvalue weighted by Crippen LogP contribution is 2.34. The molecule has 0 aromatic carbocycles. The molecule has 0 radical (unpaired) electrons. The van der Waals surface area contributed by atoms with Crippen LogP contribution in [0.15, 0.2) is 148 Å².